The number of nitrogens with zero attached hydrogens (tertiary/aromatic N) is 6. The van der Waals surface area contributed by atoms with Crippen molar-refractivity contribution in [2.45, 2.75) is 69.2 Å². The van der Waals surface area contributed by atoms with Crippen LogP contribution in [0.15, 0.2) is 58.7 Å². The summed E-state index contributed by atoms with van der Waals surface area (Å²) < 4.78 is 158. The maximum absolute atomic E-state index is 15.2. The number of nitrogens with one attached hydrogen (secondary N) is 1. The first-order valence-corrected chi connectivity index (χ1v) is 24.3. The first kappa shape index (κ1) is 60.1. The van der Waals surface area contributed by atoms with Crippen molar-refractivity contribution in [2.75, 3.05) is 43.6 Å². The number of allylic oxidation sites excluding steroid dienone is 2. The van der Waals surface area contributed by atoms with Gasteiger partial charge in [-0.05, 0) is 74.3 Å². The van der Waals surface area contributed by atoms with Crippen LogP contribution in [0.2, 0.25) is 5.02 Å². The van der Waals surface area contributed by atoms with Crippen molar-refractivity contribution < 1.29 is 82.6 Å². The molecule has 74 heavy (non-hydrogen) atoms. The molecule has 1 aliphatic rings. The number of alkyl halides is 8. The summed E-state index contributed by atoms with van der Waals surface area (Å²) in [5.74, 6) is -7.56. The van der Waals surface area contributed by atoms with Crippen LogP contribution in [0, 0.1) is 29.4 Å². The second-order valence-corrected chi connectivity index (χ2v) is 19.6. The summed E-state index contributed by atoms with van der Waals surface area (Å²) >= 11 is 7.95. The molecule has 402 valence electrons. The Balaban J connectivity index is 0.00000585. The zero-order valence-corrected chi connectivity index (χ0v) is 41.9. The number of hydrogen-bond acceptors (Lipinski definition) is 11. The van der Waals surface area contributed by atoms with E-state index in [9.17, 15) is 68.7 Å². The molecule has 3 amide bonds. The van der Waals surface area contributed by atoms with Gasteiger partial charge in [-0.25, -0.2) is 22.8 Å². The van der Waals surface area contributed by atoms with Crippen molar-refractivity contribution in [3.8, 4) is 23.0 Å². The molecule has 29 heteroatoms. The van der Waals surface area contributed by atoms with E-state index in [4.69, 9.17) is 22.4 Å². The van der Waals surface area contributed by atoms with E-state index in [1.807, 2.05) is 0 Å². The predicted octanol–water partition coefficient (Wildman–Crippen LogP) is 7.68. The molecule has 2 unspecified atom stereocenters. The standard InChI is InChI=1S/C44H41ClF10N8O7S2.CH4O/c1-21-16-42(48,49)38(33(21)37(56)44(53,54)55)57-17-30(64)59-29(14-22-12-23(46)15-24(47)13-22)35-26(7-6-25(58-35)10-11-41(2,3)71-4)27-8-9-28(45)34-36(27)62(20-43(50,51)52)60-39(34)63(72(5)70)40(69)61(18-31(65)66)19-32(67)68;1-2/h6-9,12-13,15,21,29H,14,16-20,56H2,1-5H3,(H,59,64)(H,65,66)(H,67,68);2H,1H3/b37-33-,57-38?;/t21-,29?,72?;/m0./s1. The third-order valence-electron chi connectivity index (χ3n) is 10.6. The normalized spacial score (nSPS) is 16.6. The zero-order valence-electron chi connectivity index (χ0n) is 39.6. The highest BCUT2D eigenvalue weighted by Gasteiger charge is 2.52. The highest BCUT2D eigenvalue weighted by molar-refractivity contribution is 8.00. The van der Waals surface area contributed by atoms with Crippen molar-refractivity contribution in [1.29, 1.82) is 0 Å². The number of pyridine rings is 1. The number of thioether (sulfide) groups is 1. The van der Waals surface area contributed by atoms with Crippen molar-refractivity contribution in [1.82, 2.24) is 25.0 Å². The molecule has 2 aromatic heterocycles. The Morgan fingerprint density at radius 1 is 1.01 bits per heavy atom. The Hall–Kier alpha value is -6.44. The number of benzene rings is 2. The van der Waals surface area contributed by atoms with E-state index in [2.05, 4.69) is 32.2 Å². The first-order valence-electron chi connectivity index (χ1n) is 21.1. The van der Waals surface area contributed by atoms with Gasteiger partial charge in [-0.15, -0.1) is 11.8 Å². The number of carboxylic acid groups (broad SMARTS) is 2. The van der Waals surface area contributed by atoms with Crippen LogP contribution in [-0.2, 0) is 38.3 Å². The van der Waals surface area contributed by atoms with Crippen LogP contribution < -0.4 is 15.4 Å². The van der Waals surface area contributed by atoms with Crippen molar-refractivity contribution in [3.63, 3.8) is 0 Å². The van der Waals surface area contributed by atoms with Gasteiger partial charge in [-0.2, -0.15) is 44.5 Å². The highest BCUT2D eigenvalue weighted by Crippen LogP contribution is 2.45. The molecule has 0 aliphatic heterocycles. The van der Waals surface area contributed by atoms with Crippen LogP contribution >= 0.6 is 23.4 Å². The maximum Gasteiger partial charge on any atom is 0.431 e. The molecular weight excluding hydrogens is 1070 g/mol. The second-order valence-electron chi connectivity index (χ2n) is 16.6. The number of aromatic nitrogens is 3. The lowest BCUT2D eigenvalue weighted by atomic mass is 9.93. The van der Waals surface area contributed by atoms with Gasteiger partial charge in [0, 0.05) is 42.6 Å². The number of carbonyl (C=O) groups excluding carboxylic acids is 2. The van der Waals surface area contributed by atoms with E-state index in [-0.39, 0.29) is 42.0 Å². The number of aliphatic hydroxyl groups excluding tert-OH is 1. The van der Waals surface area contributed by atoms with E-state index in [0.717, 1.165) is 44.6 Å². The maximum atomic E-state index is 15.2. The molecule has 16 nitrogen and oxygen atoms in total. The van der Waals surface area contributed by atoms with E-state index in [0.29, 0.717) is 6.07 Å². The lowest BCUT2D eigenvalue weighted by Gasteiger charge is -2.25. The van der Waals surface area contributed by atoms with E-state index >= 15 is 8.78 Å². The van der Waals surface area contributed by atoms with Gasteiger partial charge in [0.25, 0.3) is 5.92 Å². The van der Waals surface area contributed by atoms with Gasteiger partial charge >= 0.3 is 30.3 Å². The predicted molar refractivity (Wildman–Crippen MR) is 255 cm³/mol. The molecule has 0 saturated heterocycles. The number of carbonyl (C=O) groups is 4. The summed E-state index contributed by atoms with van der Waals surface area (Å²) in [6, 6.07) is 3.62. The monoisotopic (exact) mass is 1110 g/mol. The molecule has 0 radical (unpaired) electrons. The number of aliphatic carboxylic acids is 2. The second kappa shape index (κ2) is 23.8. The molecule has 6 N–H and O–H groups in total. The summed E-state index contributed by atoms with van der Waals surface area (Å²) in [6.07, 6.45) is -9.61. The molecule has 3 atom stereocenters. The van der Waals surface area contributed by atoms with Gasteiger partial charge < -0.3 is 31.3 Å². The van der Waals surface area contributed by atoms with Crippen molar-refractivity contribution in [2.24, 2.45) is 16.6 Å². The summed E-state index contributed by atoms with van der Waals surface area (Å²) in [7, 11) is -1.66. The molecule has 1 fully saturated rings. The first-order chi connectivity index (χ1) is 34.2. The lowest BCUT2D eigenvalue weighted by Crippen LogP contribution is -2.48. The van der Waals surface area contributed by atoms with E-state index < -0.39 is 159 Å². The highest BCUT2D eigenvalue weighted by atomic mass is 35.5. The van der Waals surface area contributed by atoms with Crippen molar-refractivity contribution >= 4 is 80.7 Å². The molecule has 0 bridgehead atoms. The summed E-state index contributed by atoms with van der Waals surface area (Å²) in [5.41, 5.74) is -0.868. The van der Waals surface area contributed by atoms with Gasteiger partial charge in [0.15, 0.2) is 5.82 Å². The number of rotatable bonds is 15. The number of aliphatic hydroxyl groups is 1. The molecule has 2 aromatic carbocycles. The zero-order chi connectivity index (χ0) is 56.0. The molecule has 1 aliphatic carbocycles. The number of hydrogen-bond donors (Lipinski definition) is 5. The fourth-order valence-electron chi connectivity index (χ4n) is 7.51. The average molecular weight is 1120 g/mol. The Bertz CT molecular complexity index is 2940. The minimum atomic E-state index is -5.27. The van der Waals surface area contributed by atoms with Gasteiger partial charge in [0.05, 0.1) is 32.4 Å². The molecule has 2 heterocycles. The molecule has 5 rings (SSSR count). The Morgan fingerprint density at radius 2 is 1.59 bits per heavy atom. The van der Waals surface area contributed by atoms with Crippen LogP contribution in [0.3, 0.4) is 0 Å². The van der Waals surface area contributed by atoms with Crippen LogP contribution in [0.4, 0.5) is 54.5 Å². The van der Waals surface area contributed by atoms with E-state index in [1.165, 1.54) is 23.9 Å². The van der Waals surface area contributed by atoms with Crippen LogP contribution in [0.25, 0.3) is 22.0 Å². The lowest BCUT2D eigenvalue weighted by molar-refractivity contribution is -0.142. The van der Waals surface area contributed by atoms with Crippen LogP contribution in [0.5, 0.6) is 0 Å². The SMILES string of the molecule is CO.CSC(C)(C)C#Cc1ccc(-c2ccc(Cl)c3c(N(C(=O)N(CC(=O)O)CC(=O)O)S(C)=O)nn(CC(F)(F)F)c23)c(C(Cc2cc(F)cc(F)c2)NC(=O)CN=C2/C(=C(\N)C(F)(F)F)[C@@H](C)CC2(F)F)n1. The largest absolute Gasteiger partial charge is 0.480 e. The Labute approximate surface area is 426 Å². The number of halogens is 11. The minimum Gasteiger partial charge on any atom is -0.480 e. The van der Waals surface area contributed by atoms with Crippen molar-refractivity contribution in [3.05, 3.63) is 87.3 Å². The smallest absolute Gasteiger partial charge is 0.431 e. The number of aliphatic imine (C=N–C) groups is 1. The summed E-state index contributed by atoms with van der Waals surface area (Å²) in [5, 5.41) is 31.3. The fraction of sp³-hybridized carbons (Fsp3) is 0.400. The summed E-state index contributed by atoms with van der Waals surface area (Å²) in [4.78, 5) is 59.6. The van der Waals surface area contributed by atoms with Gasteiger partial charge in [-0.3, -0.25) is 24.1 Å². The topological polar surface area (TPSA) is 234 Å². The van der Waals surface area contributed by atoms with Crippen LogP contribution in [0.1, 0.15) is 50.2 Å². The number of anilines is 1. The summed E-state index contributed by atoms with van der Waals surface area (Å²) in [6.45, 7) is -1.34. The quantitative estimate of drug-likeness (QED) is 0.0570. The minimum absolute atomic E-state index is 0.0809. The van der Waals surface area contributed by atoms with Gasteiger partial charge in [0.1, 0.15) is 65.9 Å². The molecule has 0 spiro atoms. The average Bonchev–Trinajstić information content (AvgIpc) is 3.74. The number of carboxylic acids is 2. The van der Waals surface area contributed by atoms with Crippen LogP contribution in [-0.4, -0.2) is 131 Å². The molecule has 1 saturated carbocycles. The third-order valence-corrected chi connectivity index (χ3v) is 12.9. The van der Waals surface area contributed by atoms with Gasteiger partial charge in [0.2, 0.25) is 5.91 Å². The number of amides is 3. The van der Waals surface area contributed by atoms with Gasteiger partial charge in [-0.1, -0.05) is 30.5 Å². The Kier molecular flexibility index (Phi) is 19.4. The fourth-order valence-corrected chi connectivity index (χ4v) is 8.61. The third kappa shape index (κ3) is 14.9. The number of fused-ring (bicyclic) bond motifs is 1. The van der Waals surface area contributed by atoms with E-state index in [1.54, 1.807) is 20.1 Å². The Morgan fingerprint density at radius 3 is 2.12 bits per heavy atom. The molecular formula is C45H45ClF10N8O8S2. The number of nitrogens with two attached hydrogens (primary N) is 1. The number of urea groups is 1. The molecule has 4 aromatic rings.